The summed E-state index contributed by atoms with van der Waals surface area (Å²) < 4.78 is 6.85. The Kier molecular flexibility index (Phi) is 7.78. The molecule has 4 nitrogen and oxygen atoms in total. The summed E-state index contributed by atoms with van der Waals surface area (Å²) in [5.74, 6) is 2.52. The molecule has 1 aromatic heterocycles. The van der Waals surface area contributed by atoms with Crippen LogP contribution in [0.15, 0.2) is 176 Å². The quantitative estimate of drug-likeness (QED) is 0.177. The Morgan fingerprint density at radius 1 is 0.346 bits per heavy atom. The number of aromatic nitrogens is 3. The number of para-hydroxylation sites is 1. The molecule has 0 atom stereocenters. The fourth-order valence-corrected chi connectivity index (χ4v) is 7.16. The third kappa shape index (κ3) is 5.84. The largest absolute Gasteiger partial charge is 0.482 e. The third-order valence-electron chi connectivity index (χ3n) is 9.75. The lowest BCUT2D eigenvalue weighted by atomic mass is 9.85. The van der Waals surface area contributed by atoms with Crippen LogP contribution >= 0.6 is 0 Å². The fraction of sp³-hybridized carbons (Fsp3) is 0.0625. The summed E-state index contributed by atoms with van der Waals surface area (Å²) in [6.45, 7) is 4.23. The molecule has 7 aromatic carbocycles. The maximum absolute atomic E-state index is 6.85. The van der Waals surface area contributed by atoms with Gasteiger partial charge in [0.05, 0.1) is 5.56 Å². The van der Waals surface area contributed by atoms with Crippen LogP contribution < -0.4 is 4.74 Å². The highest BCUT2D eigenvalue weighted by Gasteiger charge is 2.34. The third-order valence-corrected chi connectivity index (χ3v) is 9.75. The van der Waals surface area contributed by atoms with Crippen LogP contribution in [0.4, 0.5) is 0 Å². The molecule has 0 amide bonds. The number of ether oxygens (including phenoxy) is 1. The summed E-state index contributed by atoms with van der Waals surface area (Å²) in [6.07, 6.45) is 0. The maximum Gasteiger partial charge on any atom is 0.167 e. The second-order valence-corrected chi connectivity index (χ2v) is 13.6. The first kappa shape index (κ1) is 31.3. The monoisotopic (exact) mass is 669 g/mol. The molecule has 0 spiro atoms. The molecule has 9 rings (SSSR count). The van der Waals surface area contributed by atoms with E-state index < -0.39 is 5.60 Å². The summed E-state index contributed by atoms with van der Waals surface area (Å²) in [5, 5.41) is 0. The topological polar surface area (TPSA) is 47.9 Å². The molecule has 1 aliphatic rings. The lowest BCUT2D eigenvalue weighted by Gasteiger charge is -2.35. The lowest BCUT2D eigenvalue weighted by molar-refractivity contribution is 0.106. The molecule has 0 N–H and O–H groups in total. The highest BCUT2D eigenvalue weighted by Crippen LogP contribution is 2.49. The smallest absolute Gasteiger partial charge is 0.167 e. The SMILES string of the molecule is CC1(C)Oc2c(-c3nc(-c4cccc(-c5ccccc5)c4)nc(-c4cc(-c5ccccc5)cc(-c5ccccc5)c4)n3)cccc2-c2ccccc21. The molecule has 248 valence electrons. The van der Waals surface area contributed by atoms with Crippen molar-refractivity contribution >= 4 is 0 Å². The van der Waals surface area contributed by atoms with Gasteiger partial charge in [0, 0.05) is 22.3 Å². The van der Waals surface area contributed by atoms with Gasteiger partial charge in [0.2, 0.25) is 0 Å². The number of nitrogens with zero attached hydrogens (tertiary/aromatic N) is 3. The van der Waals surface area contributed by atoms with Gasteiger partial charge >= 0.3 is 0 Å². The van der Waals surface area contributed by atoms with E-state index in [9.17, 15) is 0 Å². The Bertz CT molecular complexity index is 2510. The summed E-state index contributed by atoms with van der Waals surface area (Å²) in [5.41, 5.74) is 12.1. The molecular formula is C48H35N3O. The van der Waals surface area contributed by atoms with Gasteiger partial charge in [-0.1, -0.05) is 146 Å². The zero-order valence-electron chi connectivity index (χ0n) is 29.0. The fourth-order valence-electron chi connectivity index (χ4n) is 7.16. The number of rotatable bonds is 6. The molecule has 8 aromatic rings. The van der Waals surface area contributed by atoms with Gasteiger partial charge in [-0.15, -0.1) is 0 Å². The second-order valence-electron chi connectivity index (χ2n) is 13.6. The Morgan fingerprint density at radius 2 is 0.769 bits per heavy atom. The molecule has 0 aliphatic carbocycles. The molecular weight excluding hydrogens is 635 g/mol. The van der Waals surface area contributed by atoms with Crippen molar-refractivity contribution in [3.63, 3.8) is 0 Å². The number of fused-ring (bicyclic) bond motifs is 3. The molecule has 0 fully saturated rings. The molecule has 0 radical (unpaired) electrons. The van der Waals surface area contributed by atoms with Crippen LogP contribution in [0.3, 0.4) is 0 Å². The second kappa shape index (κ2) is 12.9. The molecule has 1 aliphatic heterocycles. The van der Waals surface area contributed by atoms with Crippen LogP contribution in [0.5, 0.6) is 5.75 Å². The van der Waals surface area contributed by atoms with E-state index in [-0.39, 0.29) is 0 Å². The van der Waals surface area contributed by atoms with Gasteiger partial charge in [0.1, 0.15) is 11.4 Å². The molecule has 0 saturated carbocycles. The van der Waals surface area contributed by atoms with Gasteiger partial charge < -0.3 is 4.74 Å². The standard InChI is InChI=1S/C48H35N3O/c1-48(2)43-27-13-12-24-40(43)41-25-15-26-42(44(41)52-48)47-50-45(36-23-14-22-35(28-36)32-16-6-3-7-17-32)49-46(51-47)39-30-37(33-18-8-4-9-19-33)29-38(31-39)34-20-10-5-11-21-34/h3-31H,1-2H3. The highest BCUT2D eigenvalue weighted by molar-refractivity contribution is 5.85. The highest BCUT2D eigenvalue weighted by atomic mass is 16.5. The number of hydrogen-bond acceptors (Lipinski definition) is 4. The summed E-state index contributed by atoms with van der Waals surface area (Å²) in [7, 11) is 0. The van der Waals surface area contributed by atoms with E-state index in [4.69, 9.17) is 19.7 Å². The normalized spacial score (nSPS) is 12.7. The van der Waals surface area contributed by atoms with E-state index in [1.807, 2.05) is 18.2 Å². The van der Waals surface area contributed by atoms with Gasteiger partial charge in [0.25, 0.3) is 0 Å². The van der Waals surface area contributed by atoms with E-state index >= 15 is 0 Å². The Hall–Kier alpha value is -6.65. The first-order chi connectivity index (χ1) is 25.5. The average molecular weight is 670 g/mol. The summed E-state index contributed by atoms with van der Waals surface area (Å²) in [6, 6.07) is 61.1. The average Bonchev–Trinajstić information content (AvgIpc) is 3.21. The van der Waals surface area contributed by atoms with Crippen LogP contribution in [-0.2, 0) is 5.60 Å². The van der Waals surface area contributed by atoms with Crippen molar-refractivity contribution in [2.24, 2.45) is 0 Å². The van der Waals surface area contributed by atoms with Crippen LogP contribution in [-0.4, -0.2) is 15.0 Å². The number of hydrogen-bond donors (Lipinski definition) is 0. The van der Waals surface area contributed by atoms with Gasteiger partial charge in [0.15, 0.2) is 17.5 Å². The van der Waals surface area contributed by atoms with E-state index in [0.29, 0.717) is 17.5 Å². The van der Waals surface area contributed by atoms with Crippen molar-refractivity contribution in [1.29, 1.82) is 0 Å². The Labute approximate surface area is 304 Å². The van der Waals surface area contributed by atoms with Gasteiger partial charge in [-0.05, 0) is 83.1 Å². The zero-order chi connectivity index (χ0) is 35.1. The van der Waals surface area contributed by atoms with Crippen molar-refractivity contribution in [2.75, 3.05) is 0 Å². The van der Waals surface area contributed by atoms with E-state index in [2.05, 4.69) is 172 Å². The van der Waals surface area contributed by atoms with Crippen molar-refractivity contribution in [3.05, 3.63) is 181 Å². The van der Waals surface area contributed by atoms with Crippen LogP contribution in [0.1, 0.15) is 19.4 Å². The minimum absolute atomic E-state index is 0.545. The number of benzene rings is 7. The first-order valence-electron chi connectivity index (χ1n) is 17.6. The zero-order valence-corrected chi connectivity index (χ0v) is 29.0. The van der Waals surface area contributed by atoms with Crippen LogP contribution in [0, 0.1) is 0 Å². The van der Waals surface area contributed by atoms with Crippen molar-refractivity contribution < 1.29 is 4.74 Å². The van der Waals surface area contributed by atoms with E-state index in [1.54, 1.807) is 0 Å². The van der Waals surface area contributed by atoms with Gasteiger partial charge in [-0.25, -0.2) is 15.0 Å². The summed E-state index contributed by atoms with van der Waals surface area (Å²) in [4.78, 5) is 15.7. The predicted molar refractivity (Wildman–Crippen MR) is 212 cm³/mol. The van der Waals surface area contributed by atoms with Crippen LogP contribution in [0.25, 0.3) is 78.7 Å². The Morgan fingerprint density at radius 3 is 1.42 bits per heavy atom. The van der Waals surface area contributed by atoms with Gasteiger partial charge in [-0.2, -0.15) is 0 Å². The predicted octanol–water partition coefficient (Wildman–Crippen LogP) is 12.2. The van der Waals surface area contributed by atoms with Crippen LogP contribution in [0.2, 0.25) is 0 Å². The molecule has 0 unspecified atom stereocenters. The Balaban J connectivity index is 1.28. The van der Waals surface area contributed by atoms with Gasteiger partial charge in [-0.3, -0.25) is 0 Å². The molecule has 0 saturated heterocycles. The van der Waals surface area contributed by atoms with Crippen molar-refractivity contribution in [2.45, 2.75) is 19.4 Å². The first-order valence-corrected chi connectivity index (χ1v) is 17.6. The minimum Gasteiger partial charge on any atom is -0.482 e. The molecule has 2 heterocycles. The minimum atomic E-state index is -0.545. The van der Waals surface area contributed by atoms with E-state index in [0.717, 1.165) is 72.5 Å². The maximum atomic E-state index is 6.85. The van der Waals surface area contributed by atoms with Crippen molar-refractivity contribution in [1.82, 2.24) is 15.0 Å². The summed E-state index contributed by atoms with van der Waals surface area (Å²) >= 11 is 0. The molecule has 0 bridgehead atoms. The van der Waals surface area contributed by atoms with Crippen molar-refractivity contribution in [3.8, 4) is 84.4 Å². The lowest BCUT2D eigenvalue weighted by Crippen LogP contribution is -2.29. The molecule has 4 heteroatoms. The van der Waals surface area contributed by atoms with E-state index in [1.165, 1.54) is 0 Å². The molecule has 52 heavy (non-hydrogen) atoms.